The molecule has 0 amide bonds. The number of hydrogen-bond donors (Lipinski definition) is 0. The Kier molecular flexibility index (Phi) is 3.91. The van der Waals surface area contributed by atoms with Gasteiger partial charge < -0.3 is 0 Å². The van der Waals surface area contributed by atoms with E-state index >= 15 is 0 Å². The van der Waals surface area contributed by atoms with Crippen LogP contribution in [0.1, 0.15) is 43.6 Å². The molecular formula is C19H11F3O3. The summed E-state index contributed by atoms with van der Waals surface area (Å²) >= 11 is 0. The van der Waals surface area contributed by atoms with Crippen molar-refractivity contribution in [3.05, 3.63) is 81.9 Å². The molecule has 2 aromatic carbocycles. The van der Waals surface area contributed by atoms with E-state index in [0.29, 0.717) is 0 Å². The lowest BCUT2D eigenvalue weighted by molar-refractivity contribution is -0.137. The molecule has 1 aliphatic carbocycles. The zero-order valence-electron chi connectivity index (χ0n) is 13.0. The van der Waals surface area contributed by atoms with Gasteiger partial charge in [0.15, 0.2) is 17.3 Å². The molecule has 6 heteroatoms. The molecule has 0 atom stereocenters. The van der Waals surface area contributed by atoms with Crippen molar-refractivity contribution in [3.63, 3.8) is 0 Å². The molecule has 0 bridgehead atoms. The van der Waals surface area contributed by atoms with Crippen LogP contribution in [0.15, 0.2) is 59.7 Å². The molecule has 25 heavy (non-hydrogen) atoms. The summed E-state index contributed by atoms with van der Waals surface area (Å²) < 4.78 is 37.9. The standard InChI is InChI=1S/C19H11F3O3/c1-10-15(18(25)14-5-3-2-4-13(14)16(10)23)17(24)11-6-8-12(9-7-11)19(20,21)22/h2-9H,1H3. The van der Waals surface area contributed by atoms with Crippen molar-refractivity contribution >= 4 is 17.3 Å². The Hall–Kier alpha value is -3.02. The molecule has 0 unspecified atom stereocenters. The Morgan fingerprint density at radius 3 is 1.88 bits per heavy atom. The number of benzene rings is 2. The molecule has 2 aromatic rings. The molecular weight excluding hydrogens is 333 g/mol. The van der Waals surface area contributed by atoms with E-state index < -0.39 is 29.1 Å². The molecule has 0 N–H and O–H groups in total. The summed E-state index contributed by atoms with van der Waals surface area (Å²) in [6, 6.07) is 9.68. The van der Waals surface area contributed by atoms with Crippen LogP contribution in [-0.2, 0) is 6.18 Å². The average Bonchev–Trinajstić information content (AvgIpc) is 2.59. The van der Waals surface area contributed by atoms with Gasteiger partial charge in [-0.15, -0.1) is 0 Å². The first-order valence-electron chi connectivity index (χ1n) is 7.33. The predicted octanol–water partition coefficient (Wildman–Crippen LogP) is 4.28. The van der Waals surface area contributed by atoms with Crippen LogP contribution in [0.2, 0.25) is 0 Å². The Morgan fingerprint density at radius 2 is 1.36 bits per heavy atom. The van der Waals surface area contributed by atoms with Crippen LogP contribution in [0.25, 0.3) is 0 Å². The summed E-state index contributed by atoms with van der Waals surface area (Å²) in [5.41, 5.74) is -0.951. The van der Waals surface area contributed by atoms with Crippen molar-refractivity contribution in [2.24, 2.45) is 0 Å². The second kappa shape index (κ2) is 5.81. The predicted molar refractivity (Wildman–Crippen MR) is 83.6 cm³/mol. The van der Waals surface area contributed by atoms with Gasteiger partial charge in [0.25, 0.3) is 0 Å². The van der Waals surface area contributed by atoms with Crippen LogP contribution >= 0.6 is 0 Å². The smallest absolute Gasteiger partial charge is 0.289 e. The second-order valence-electron chi connectivity index (χ2n) is 5.61. The number of carbonyl (C=O) groups excluding carboxylic acids is 3. The maximum Gasteiger partial charge on any atom is 0.416 e. The molecule has 0 fully saturated rings. The van der Waals surface area contributed by atoms with Gasteiger partial charge in [-0.1, -0.05) is 36.4 Å². The third-order valence-electron chi connectivity index (χ3n) is 4.06. The highest BCUT2D eigenvalue weighted by Gasteiger charge is 2.34. The zero-order chi connectivity index (χ0) is 18.4. The number of allylic oxidation sites excluding steroid dienone is 2. The first-order valence-corrected chi connectivity index (χ1v) is 7.33. The van der Waals surface area contributed by atoms with Gasteiger partial charge in [0.05, 0.1) is 11.1 Å². The number of ketones is 3. The Morgan fingerprint density at radius 1 is 0.840 bits per heavy atom. The number of carbonyl (C=O) groups is 3. The van der Waals surface area contributed by atoms with Crippen molar-refractivity contribution < 1.29 is 27.6 Å². The molecule has 0 spiro atoms. The van der Waals surface area contributed by atoms with Gasteiger partial charge in [-0.3, -0.25) is 14.4 Å². The van der Waals surface area contributed by atoms with E-state index in [0.717, 1.165) is 24.3 Å². The van der Waals surface area contributed by atoms with Crippen LogP contribution in [0.4, 0.5) is 13.2 Å². The van der Waals surface area contributed by atoms with Crippen molar-refractivity contribution in [2.45, 2.75) is 13.1 Å². The van der Waals surface area contributed by atoms with Crippen molar-refractivity contribution in [2.75, 3.05) is 0 Å². The fraction of sp³-hybridized carbons (Fsp3) is 0.105. The Bertz CT molecular complexity index is 935. The van der Waals surface area contributed by atoms with Gasteiger partial charge in [-0.05, 0) is 19.1 Å². The van der Waals surface area contributed by atoms with E-state index in [2.05, 4.69) is 0 Å². The number of hydrogen-bond acceptors (Lipinski definition) is 3. The van der Waals surface area contributed by atoms with E-state index in [-0.39, 0.29) is 27.8 Å². The molecule has 0 saturated heterocycles. The van der Waals surface area contributed by atoms with Crippen LogP contribution in [0.5, 0.6) is 0 Å². The first-order chi connectivity index (χ1) is 11.7. The monoisotopic (exact) mass is 344 g/mol. The number of alkyl halides is 3. The number of Topliss-reactive ketones (excluding diaryl/α,β-unsaturated/α-hetero) is 3. The fourth-order valence-corrected chi connectivity index (χ4v) is 2.73. The van der Waals surface area contributed by atoms with Crippen molar-refractivity contribution in [1.82, 2.24) is 0 Å². The SMILES string of the molecule is CC1=C(C(=O)c2ccc(C(F)(F)F)cc2)C(=O)c2ccccc2C1=O. The summed E-state index contributed by atoms with van der Waals surface area (Å²) in [4.78, 5) is 37.6. The highest BCUT2D eigenvalue weighted by Crippen LogP contribution is 2.31. The molecule has 1 aliphatic rings. The van der Waals surface area contributed by atoms with Gasteiger partial charge in [0, 0.05) is 22.3 Å². The van der Waals surface area contributed by atoms with E-state index in [1.165, 1.54) is 19.1 Å². The van der Waals surface area contributed by atoms with Crippen LogP contribution in [-0.4, -0.2) is 17.3 Å². The molecule has 0 aromatic heterocycles. The second-order valence-corrected chi connectivity index (χ2v) is 5.61. The molecule has 0 radical (unpaired) electrons. The largest absolute Gasteiger partial charge is 0.416 e. The lowest BCUT2D eigenvalue weighted by atomic mass is 9.81. The summed E-state index contributed by atoms with van der Waals surface area (Å²) in [5, 5.41) is 0. The third kappa shape index (κ3) is 2.80. The van der Waals surface area contributed by atoms with Crippen LogP contribution < -0.4 is 0 Å². The topological polar surface area (TPSA) is 51.2 Å². The molecule has 126 valence electrons. The molecule has 3 nitrogen and oxygen atoms in total. The summed E-state index contributed by atoms with van der Waals surface area (Å²) in [6.07, 6.45) is -4.52. The maximum absolute atomic E-state index is 12.6. The Labute approximate surface area is 140 Å². The van der Waals surface area contributed by atoms with E-state index in [4.69, 9.17) is 0 Å². The van der Waals surface area contributed by atoms with Gasteiger partial charge in [-0.25, -0.2) is 0 Å². The van der Waals surface area contributed by atoms with E-state index in [9.17, 15) is 27.6 Å². The Balaban J connectivity index is 2.04. The average molecular weight is 344 g/mol. The summed E-state index contributed by atoms with van der Waals surface area (Å²) in [6.45, 7) is 1.37. The maximum atomic E-state index is 12.6. The summed E-state index contributed by atoms with van der Waals surface area (Å²) in [7, 11) is 0. The van der Waals surface area contributed by atoms with E-state index in [1.54, 1.807) is 12.1 Å². The zero-order valence-corrected chi connectivity index (χ0v) is 13.0. The highest BCUT2D eigenvalue weighted by molar-refractivity contribution is 6.39. The normalized spacial score (nSPS) is 14.6. The number of fused-ring (bicyclic) bond motifs is 1. The molecule has 3 rings (SSSR count). The van der Waals surface area contributed by atoms with Gasteiger partial charge in [0.1, 0.15) is 0 Å². The molecule has 0 heterocycles. The third-order valence-corrected chi connectivity index (χ3v) is 4.06. The van der Waals surface area contributed by atoms with Crippen LogP contribution in [0.3, 0.4) is 0 Å². The first kappa shape index (κ1) is 16.8. The van der Waals surface area contributed by atoms with Crippen LogP contribution in [0, 0.1) is 0 Å². The van der Waals surface area contributed by atoms with Gasteiger partial charge in [0.2, 0.25) is 0 Å². The fourth-order valence-electron chi connectivity index (χ4n) is 2.73. The lowest BCUT2D eigenvalue weighted by Crippen LogP contribution is -2.25. The van der Waals surface area contributed by atoms with Gasteiger partial charge in [-0.2, -0.15) is 13.2 Å². The number of halogens is 3. The minimum absolute atomic E-state index is 0.00593. The van der Waals surface area contributed by atoms with Gasteiger partial charge >= 0.3 is 6.18 Å². The van der Waals surface area contributed by atoms with E-state index in [1.807, 2.05) is 0 Å². The minimum atomic E-state index is -4.52. The minimum Gasteiger partial charge on any atom is -0.289 e. The molecule has 0 saturated carbocycles. The van der Waals surface area contributed by atoms with Crippen molar-refractivity contribution in [1.29, 1.82) is 0 Å². The highest BCUT2D eigenvalue weighted by atomic mass is 19.4. The number of rotatable bonds is 2. The lowest BCUT2D eigenvalue weighted by Gasteiger charge is -2.18. The quantitative estimate of drug-likeness (QED) is 0.603. The molecule has 0 aliphatic heterocycles. The summed E-state index contributed by atoms with van der Waals surface area (Å²) in [5.74, 6) is -1.80. The van der Waals surface area contributed by atoms with Crippen molar-refractivity contribution in [3.8, 4) is 0 Å².